The van der Waals surface area contributed by atoms with Gasteiger partial charge in [0.1, 0.15) is 0 Å². The molecule has 0 aromatic rings. The molecule has 14 heavy (non-hydrogen) atoms. The van der Waals surface area contributed by atoms with Crippen LogP contribution in [-0.4, -0.2) is 36.1 Å². The molecule has 3 heterocycles. The molecule has 0 N–H and O–H groups in total. The number of amides is 1. The first-order valence-electron chi connectivity index (χ1n) is 5.29. The van der Waals surface area contributed by atoms with Crippen LogP contribution in [-0.2, 0) is 9.53 Å². The molecule has 3 aliphatic heterocycles. The number of carbonyl (C=O) groups is 1. The molecular weight excluding hydrogens is 178 g/mol. The Morgan fingerprint density at radius 1 is 1.57 bits per heavy atom. The maximum Gasteiger partial charge on any atom is 0.256 e. The van der Waals surface area contributed by atoms with E-state index >= 15 is 0 Å². The predicted molar refractivity (Wildman–Crippen MR) is 53.8 cm³/mol. The van der Waals surface area contributed by atoms with Gasteiger partial charge in [-0.1, -0.05) is 19.9 Å². The average Bonchev–Trinajstić information content (AvgIpc) is 2.18. The summed E-state index contributed by atoms with van der Waals surface area (Å²) < 4.78 is 5.35. The SMILES string of the molecule is CC(C)CCN1C(=O)C2C=CC1CO2. The molecule has 0 saturated carbocycles. The van der Waals surface area contributed by atoms with Gasteiger partial charge in [-0.3, -0.25) is 4.79 Å². The Labute approximate surface area is 84.7 Å². The highest BCUT2D eigenvalue weighted by molar-refractivity contribution is 5.85. The van der Waals surface area contributed by atoms with E-state index in [1.54, 1.807) is 0 Å². The van der Waals surface area contributed by atoms with Crippen molar-refractivity contribution in [2.24, 2.45) is 5.92 Å². The Bertz CT molecular complexity index is 260. The minimum absolute atomic E-state index is 0.143. The van der Waals surface area contributed by atoms with Crippen LogP contribution in [0.2, 0.25) is 0 Å². The van der Waals surface area contributed by atoms with E-state index in [1.165, 1.54) is 0 Å². The molecule has 3 aliphatic rings. The van der Waals surface area contributed by atoms with Crippen LogP contribution in [0.3, 0.4) is 0 Å². The smallest absolute Gasteiger partial charge is 0.256 e. The van der Waals surface area contributed by atoms with Gasteiger partial charge >= 0.3 is 0 Å². The molecule has 3 heteroatoms. The fourth-order valence-electron chi connectivity index (χ4n) is 1.89. The first-order chi connectivity index (χ1) is 6.68. The highest BCUT2D eigenvalue weighted by atomic mass is 16.5. The molecule has 1 saturated heterocycles. The number of rotatable bonds is 3. The van der Waals surface area contributed by atoms with E-state index in [2.05, 4.69) is 19.9 Å². The van der Waals surface area contributed by atoms with Gasteiger partial charge in [-0.15, -0.1) is 0 Å². The number of hydrogen-bond donors (Lipinski definition) is 0. The number of fused-ring (bicyclic) bond motifs is 2. The summed E-state index contributed by atoms with van der Waals surface area (Å²) in [6.07, 6.45) is 4.74. The van der Waals surface area contributed by atoms with Crippen molar-refractivity contribution in [3.63, 3.8) is 0 Å². The molecule has 2 unspecified atom stereocenters. The molecule has 0 aromatic heterocycles. The molecule has 3 nitrogen and oxygen atoms in total. The van der Waals surface area contributed by atoms with Gasteiger partial charge in [0.2, 0.25) is 0 Å². The second-order valence-electron chi connectivity index (χ2n) is 4.42. The van der Waals surface area contributed by atoms with Crippen molar-refractivity contribution in [1.82, 2.24) is 4.90 Å². The Kier molecular flexibility index (Phi) is 2.59. The standard InChI is InChI=1S/C11H17NO2/c1-8(2)5-6-12-9-3-4-10(11(12)13)14-7-9/h3-4,8-10H,5-7H2,1-2H3. The van der Waals surface area contributed by atoms with Gasteiger partial charge in [-0.25, -0.2) is 0 Å². The third-order valence-corrected chi connectivity index (χ3v) is 2.83. The first kappa shape index (κ1) is 9.71. The summed E-state index contributed by atoms with van der Waals surface area (Å²) in [6, 6.07) is 0.186. The molecular formula is C11H17NO2. The Morgan fingerprint density at radius 2 is 2.36 bits per heavy atom. The van der Waals surface area contributed by atoms with Crippen LogP contribution in [0.5, 0.6) is 0 Å². The van der Waals surface area contributed by atoms with E-state index in [-0.39, 0.29) is 18.1 Å². The van der Waals surface area contributed by atoms with Crippen molar-refractivity contribution in [3.8, 4) is 0 Å². The Morgan fingerprint density at radius 3 is 2.86 bits per heavy atom. The third-order valence-electron chi connectivity index (χ3n) is 2.83. The number of ether oxygens (including phenoxy) is 1. The molecule has 0 aliphatic carbocycles. The first-order valence-corrected chi connectivity index (χ1v) is 5.29. The third kappa shape index (κ3) is 1.69. The quantitative estimate of drug-likeness (QED) is 0.633. The summed E-state index contributed by atoms with van der Waals surface area (Å²) in [6.45, 7) is 5.90. The van der Waals surface area contributed by atoms with Crippen molar-refractivity contribution in [2.75, 3.05) is 13.2 Å². The number of morpholine rings is 1. The van der Waals surface area contributed by atoms with Gasteiger partial charge in [0.25, 0.3) is 5.91 Å². The van der Waals surface area contributed by atoms with Gasteiger partial charge in [-0.2, -0.15) is 0 Å². The average molecular weight is 195 g/mol. The van der Waals surface area contributed by atoms with Crippen molar-refractivity contribution in [3.05, 3.63) is 12.2 Å². The van der Waals surface area contributed by atoms with Crippen molar-refractivity contribution >= 4 is 5.91 Å². The summed E-state index contributed by atoms with van der Waals surface area (Å²) in [4.78, 5) is 13.7. The lowest BCUT2D eigenvalue weighted by molar-refractivity contribution is -0.154. The molecule has 0 spiro atoms. The van der Waals surface area contributed by atoms with E-state index in [0.717, 1.165) is 13.0 Å². The zero-order chi connectivity index (χ0) is 10.1. The Hall–Kier alpha value is -0.830. The summed E-state index contributed by atoms with van der Waals surface area (Å²) in [5.41, 5.74) is 0. The molecule has 78 valence electrons. The lowest BCUT2D eigenvalue weighted by Crippen LogP contribution is -2.55. The van der Waals surface area contributed by atoms with Gasteiger partial charge in [-0.05, 0) is 18.4 Å². The van der Waals surface area contributed by atoms with Crippen molar-refractivity contribution < 1.29 is 9.53 Å². The maximum absolute atomic E-state index is 11.7. The van der Waals surface area contributed by atoms with E-state index in [0.29, 0.717) is 12.5 Å². The normalized spacial score (nSPS) is 30.5. The molecule has 1 amide bonds. The second kappa shape index (κ2) is 3.73. The second-order valence-corrected chi connectivity index (χ2v) is 4.42. The molecule has 2 bridgehead atoms. The van der Waals surface area contributed by atoms with Crippen molar-refractivity contribution in [2.45, 2.75) is 32.4 Å². The van der Waals surface area contributed by atoms with Crippen molar-refractivity contribution in [1.29, 1.82) is 0 Å². The fraction of sp³-hybridized carbons (Fsp3) is 0.727. The van der Waals surface area contributed by atoms with Crippen LogP contribution in [0.25, 0.3) is 0 Å². The maximum atomic E-state index is 11.7. The van der Waals surface area contributed by atoms with Crippen LogP contribution in [0.15, 0.2) is 12.2 Å². The fourth-order valence-corrected chi connectivity index (χ4v) is 1.89. The number of nitrogens with zero attached hydrogens (tertiary/aromatic N) is 1. The zero-order valence-corrected chi connectivity index (χ0v) is 8.77. The van der Waals surface area contributed by atoms with Crippen LogP contribution in [0.1, 0.15) is 20.3 Å². The molecule has 1 fully saturated rings. The molecule has 0 radical (unpaired) electrons. The number of hydrogen-bond acceptors (Lipinski definition) is 2. The van der Waals surface area contributed by atoms with Crippen LogP contribution >= 0.6 is 0 Å². The van der Waals surface area contributed by atoms with E-state index < -0.39 is 0 Å². The van der Waals surface area contributed by atoms with Gasteiger partial charge < -0.3 is 9.64 Å². The van der Waals surface area contributed by atoms with Crippen LogP contribution in [0, 0.1) is 5.92 Å². The minimum atomic E-state index is -0.299. The summed E-state index contributed by atoms with van der Waals surface area (Å²) in [5, 5.41) is 0. The highest BCUT2D eigenvalue weighted by Crippen LogP contribution is 2.22. The summed E-state index contributed by atoms with van der Waals surface area (Å²) in [7, 11) is 0. The monoisotopic (exact) mass is 195 g/mol. The molecule has 3 rings (SSSR count). The lowest BCUT2D eigenvalue weighted by Gasteiger charge is -2.41. The van der Waals surface area contributed by atoms with E-state index in [9.17, 15) is 4.79 Å². The minimum Gasteiger partial charge on any atom is -0.362 e. The van der Waals surface area contributed by atoms with Gasteiger partial charge in [0.15, 0.2) is 6.10 Å². The van der Waals surface area contributed by atoms with E-state index in [4.69, 9.17) is 4.74 Å². The van der Waals surface area contributed by atoms with Crippen LogP contribution < -0.4 is 0 Å². The summed E-state index contributed by atoms with van der Waals surface area (Å²) in [5.74, 6) is 0.789. The predicted octanol–water partition coefficient (Wildman–Crippen LogP) is 1.20. The molecule has 0 aromatic carbocycles. The largest absolute Gasteiger partial charge is 0.362 e. The lowest BCUT2D eigenvalue weighted by atomic mass is 10.0. The van der Waals surface area contributed by atoms with Gasteiger partial charge in [0.05, 0.1) is 12.6 Å². The number of carbonyl (C=O) groups excluding carboxylic acids is 1. The highest BCUT2D eigenvalue weighted by Gasteiger charge is 2.37. The van der Waals surface area contributed by atoms with Gasteiger partial charge in [0, 0.05) is 6.54 Å². The topological polar surface area (TPSA) is 29.5 Å². The molecule has 2 atom stereocenters. The van der Waals surface area contributed by atoms with Crippen LogP contribution in [0.4, 0.5) is 0 Å². The van der Waals surface area contributed by atoms with E-state index in [1.807, 2.05) is 11.0 Å². The zero-order valence-electron chi connectivity index (χ0n) is 8.77. The summed E-state index contributed by atoms with van der Waals surface area (Å²) >= 11 is 0. The Balaban J connectivity index is 1.99.